The van der Waals surface area contributed by atoms with E-state index in [1.165, 1.54) is 0 Å². The van der Waals surface area contributed by atoms with Gasteiger partial charge in [-0.05, 0) is 6.92 Å². The number of methoxy groups -OCH3 is 1. The lowest BCUT2D eigenvalue weighted by Gasteiger charge is -2.08. The minimum Gasteiger partial charge on any atom is -0.480 e. The van der Waals surface area contributed by atoms with Crippen LogP contribution in [0.5, 0.6) is 0 Å². The fourth-order valence-corrected chi connectivity index (χ4v) is 0.679. The third-order valence-corrected chi connectivity index (χ3v) is 1.50. The van der Waals surface area contributed by atoms with Crippen molar-refractivity contribution in [2.24, 2.45) is 0 Å². The van der Waals surface area contributed by atoms with Gasteiger partial charge in [-0.25, -0.2) is 0 Å². The summed E-state index contributed by atoms with van der Waals surface area (Å²) in [6, 6.07) is -0.522. The third-order valence-electron chi connectivity index (χ3n) is 1.50. The van der Waals surface area contributed by atoms with Gasteiger partial charge in [-0.15, -0.1) is 0 Å². The Balaban J connectivity index is 3.11. The van der Waals surface area contributed by atoms with Gasteiger partial charge in [0.2, 0.25) is 0 Å². The maximum absolute atomic E-state index is 10.3. The van der Waals surface area contributed by atoms with Crippen molar-refractivity contribution in [3.05, 3.63) is 0 Å². The predicted molar refractivity (Wildman–Crippen MR) is 47.8 cm³/mol. The standard InChI is InChI=1S/C8H17NO4/c1-7(8(10)11)9-3-4-13-6-5-12-2/h7,9H,3-6H2,1-2H3,(H,10,11)/t7-/m1/s1. The summed E-state index contributed by atoms with van der Waals surface area (Å²) in [6.07, 6.45) is 0. The van der Waals surface area contributed by atoms with Gasteiger partial charge in [-0.2, -0.15) is 0 Å². The summed E-state index contributed by atoms with van der Waals surface area (Å²) in [5.41, 5.74) is 0. The van der Waals surface area contributed by atoms with Crippen LogP contribution in [-0.4, -0.2) is 50.6 Å². The second-order valence-corrected chi connectivity index (χ2v) is 2.62. The molecular weight excluding hydrogens is 174 g/mol. The Kier molecular flexibility index (Phi) is 7.57. The van der Waals surface area contributed by atoms with Crippen LogP contribution in [0.3, 0.4) is 0 Å². The molecule has 0 rings (SSSR count). The van der Waals surface area contributed by atoms with Gasteiger partial charge < -0.3 is 19.9 Å². The molecule has 2 N–H and O–H groups in total. The highest BCUT2D eigenvalue weighted by Gasteiger charge is 2.07. The molecule has 0 aromatic rings. The average molecular weight is 191 g/mol. The summed E-state index contributed by atoms with van der Waals surface area (Å²) >= 11 is 0. The van der Waals surface area contributed by atoms with Crippen LogP contribution < -0.4 is 5.32 Å². The first-order valence-electron chi connectivity index (χ1n) is 4.21. The lowest BCUT2D eigenvalue weighted by Crippen LogP contribution is -2.35. The van der Waals surface area contributed by atoms with E-state index in [0.29, 0.717) is 26.4 Å². The maximum Gasteiger partial charge on any atom is 0.320 e. The van der Waals surface area contributed by atoms with Crippen molar-refractivity contribution in [2.75, 3.05) is 33.5 Å². The second kappa shape index (κ2) is 7.97. The molecular formula is C8H17NO4. The van der Waals surface area contributed by atoms with Crippen LogP contribution >= 0.6 is 0 Å². The highest BCUT2D eigenvalue weighted by molar-refractivity contribution is 5.72. The average Bonchev–Trinajstić information content (AvgIpc) is 2.10. The van der Waals surface area contributed by atoms with Gasteiger partial charge in [0.1, 0.15) is 6.04 Å². The zero-order chi connectivity index (χ0) is 10.1. The first-order chi connectivity index (χ1) is 6.18. The number of carbonyl (C=O) groups is 1. The Bertz CT molecular complexity index is 140. The van der Waals surface area contributed by atoms with Crippen molar-refractivity contribution in [3.63, 3.8) is 0 Å². The van der Waals surface area contributed by atoms with Gasteiger partial charge in [0.15, 0.2) is 0 Å². The predicted octanol–water partition coefficient (Wildman–Crippen LogP) is -0.288. The first-order valence-corrected chi connectivity index (χ1v) is 4.21. The Morgan fingerprint density at radius 3 is 2.69 bits per heavy atom. The molecule has 0 saturated heterocycles. The number of hydrogen-bond donors (Lipinski definition) is 2. The molecule has 13 heavy (non-hydrogen) atoms. The molecule has 0 aliphatic rings. The number of ether oxygens (including phenoxy) is 2. The minimum absolute atomic E-state index is 0.501. The molecule has 0 aromatic carbocycles. The number of rotatable bonds is 8. The summed E-state index contributed by atoms with van der Waals surface area (Å²) in [5, 5.41) is 11.3. The number of aliphatic carboxylic acids is 1. The quantitative estimate of drug-likeness (QED) is 0.516. The lowest BCUT2D eigenvalue weighted by molar-refractivity contribution is -0.139. The monoisotopic (exact) mass is 191 g/mol. The van der Waals surface area contributed by atoms with E-state index in [9.17, 15) is 4.79 Å². The molecule has 0 aliphatic carbocycles. The summed E-state index contributed by atoms with van der Waals surface area (Å²) in [6.45, 7) is 3.74. The van der Waals surface area contributed by atoms with Crippen LogP contribution in [0.15, 0.2) is 0 Å². The molecule has 0 radical (unpaired) electrons. The highest BCUT2D eigenvalue weighted by Crippen LogP contribution is 1.80. The van der Waals surface area contributed by atoms with Crippen LogP contribution in [0.1, 0.15) is 6.92 Å². The maximum atomic E-state index is 10.3. The van der Waals surface area contributed by atoms with E-state index in [4.69, 9.17) is 14.6 Å². The Morgan fingerprint density at radius 2 is 2.15 bits per heavy atom. The van der Waals surface area contributed by atoms with Gasteiger partial charge in [0.25, 0.3) is 0 Å². The van der Waals surface area contributed by atoms with Crippen LogP contribution in [0, 0.1) is 0 Å². The molecule has 0 spiro atoms. The van der Waals surface area contributed by atoms with Crippen molar-refractivity contribution in [1.29, 1.82) is 0 Å². The fourth-order valence-electron chi connectivity index (χ4n) is 0.679. The second-order valence-electron chi connectivity index (χ2n) is 2.62. The number of carboxylic acids is 1. The minimum atomic E-state index is -0.850. The Hall–Kier alpha value is -0.650. The summed E-state index contributed by atoms with van der Waals surface area (Å²) in [5.74, 6) is -0.850. The fraction of sp³-hybridized carbons (Fsp3) is 0.875. The van der Waals surface area contributed by atoms with E-state index in [1.54, 1.807) is 14.0 Å². The zero-order valence-electron chi connectivity index (χ0n) is 8.08. The summed E-state index contributed by atoms with van der Waals surface area (Å²) in [4.78, 5) is 10.3. The SMILES string of the molecule is COCCOCCN[C@H](C)C(=O)O. The van der Waals surface area contributed by atoms with E-state index in [1.807, 2.05) is 0 Å². The Morgan fingerprint density at radius 1 is 1.46 bits per heavy atom. The van der Waals surface area contributed by atoms with Gasteiger partial charge >= 0.3 is 5.97 Å². The largest absolute Gasteiger partial charge is 0.480 e. The van der Waals surface area contributed by atoms with E-state index >= 15 is 0 Å². The van der Waals surface area contributed by atoms with Crippen molar-refractivity contribution >= 4 is 5.97 Å². The number of hydrogen-bond acceptors (Lipinski definition) is 4. The molecule has 5 nitrogen and oxygen atoms in total. The topological polar surface area (TPSA) is 67.8 Å². The molecule has 5 heteroatoms. The highest BCUT2D eigenvalue weighted by atomic mass is 16.5. The molecule has 0 aromatic heterocycles. The molecule has 1 atom stereocenters. The smallest absolute Gasteiger partial charge is 0.320 e. The van der Waals surface area contributed by atoms with Gasteiger partial charge in [-0.1, -0.05) is 0 Å². The van der Waals surface area contributed by atoms with Crippen molar-refractivity contribution in [3.8, 4) is 0 Å². The van der Waals surface area contributed by atoms with Gasteiger partial charge in [-0.3, -0.25) is 4.79 Å². The van der Waals surface area contributed by atoms with Gasteiger partial charge in [0.05, 0.1) is 19.8 Å². The van der Waals surface area contributed by atoms with E-state index < -0.39 is 12.0 Å². The molecule has 0 amide bonds. The van der Waals surface area contributed by atoms with Crippen molar-refractivity contribution in [1.82, 2.24) is 5.32 Å². The van der Waals surface area contributed by atoms with E-state index in [-0.39, 0.29) is 0 Å². The molecule has 0 heterocycles. The zero-order valence-corrected chi connectivity index (χ0v) is 8.08. The normalized spacial score (nSPS) is 12.8. The van der Waals surface area contributed by atoms with Crippen LogP contribution in [-0.2, 0) is 14.3 Å². The van der Waals surface area contributed by atoms with Crippen molar-refractivity contribution < 1.29 is 19.4 Å². The van der Waals surface area contributed by atoms with Crippen LogP contribution in [0.4, 0.5) is 0 Å². The van der Waals surface area contributed by atoms with E-state index in [0.717, 1.165) is 0 Å². The lowest BCUT2D eigenvalue weighted by atomic mass is 10.3. The van der Waals surface area contributed by atoms with Gasteiger partial charge in [0, 0.05) is 13.7 Å². The Labute approximate surface area is 78.0 Å². The van der Waals surface area contributed by atoms with E-state index in [2.05, 4.69) is 5.32 Å². The molecule has 0 unspecified atom stereocenters. The summed E-state index contributed by atoms with van der Waals surface area (Å²) < 4.78 is 9.89. The summed E-state index contributed by atoms with van der Waals surface area (Å²) in [7, 11) is 1.61. The van der Waals surface area contributed by atoms with Crippen LogP contribution in [0.25, 0.3) is 0 Å². The third kappa shape index (κ3) is 7.70. The molecule has 0 bridgehead atoms. The number of carboxylic acid groups (broad SMARTS) is 1. The van der Waals surface area contributed by atoms with Crippen LogP contribution in [0.2, 0.25) is 0 Å². The molecule has 78 valence electrons. The van der Waals surface area contributed by atoms with Crippen molar-refractivity contribution in [2.45, 2.75) is 13.0 Å². The molecule has 0 aliphatic heterocycles. The first kappa shape index (κ1) is 12.3. The number of nitrogens with one attached hydrogen (secondary N) is 1. The molecule has 0 fully saturated rings. The molecule has 0 saturated carbocycles.